The molecule has 1 aromatic rings. The molecule has 0 fully saturated rings. The molecule has 0 aliphatic heterocycles. The summed E-state index contributed by atoms with van der Waals surface area (Å²) in [7, 11) is 1.59. The Balaban J connectivity index is 2.73. The third kappa shape index (κ3) is 2.92. The van der Waals surface area contributed by atoms with E-state index < -0.39 is 0 Å². The van der Waals surface area contributed by atoms with Crippen molar-refractivity contribution >= 4 is 0 Å². The van der Waals surface area contributed by atoms with E-state index in [9.17, 15) is 0 Å². The Hall–Kier alpha value is -1.28. The van der Waals surface area contributed by atoms with Crippen molar-refractivity contribution in [1.82, 2.24) is 0 Å². The zero-order valence-electron chi connectivity index (χ0n) is 7.68. The Morgan fingerprint density at radius 2 is 2.08 bits per heavy atom. The van der Waals surface area contributed by atoms with E-state index >= 15 is 0 Å². The van der Waals surface area contributed by atoms with Crippen LogP contribution in [0.15, 0.2) is 42.7 Å². The van der Waals surface area contributed by atoms with Gasteiger partial charge in [0.05, 0.1) is 20.0 Å². The van der Waals surface area contributed by atoms with Gasteiger partial charge in [-0.25, -0.2) is 0 Å². The number of rotatable bonds is 4. The second-order valence-corrected chi connectivity index (χ2v) is 2.76. The molecule has 70 valence electrons. The molecule has 0 saturated carbocycles. The Bertz CT molecular complexity index is 254. The van der Waals surface area contributed by atoms with Crippen LogP contribution in [0.5, 0.6) is 0 Å². The molecule has 1 aromatic carbocycles. The SMILES string of the molecule is CO/C=C\C(CO)c1ccccc1. The van der Waals surface area contributed by atoms with E-state index in [0.29, 0.717) is 0 Å². The van der Waals surface area contributed by atoms with Crippen LogP contribution in [0, 0.1) is 0 Å². The lowest BCUT2D eigenvalue weighted by molar-refractivity contribution is 0.278. The molecular formula is C11H14O2. The first-order valence-corrected chi connectivity index (χ1v) is 4.23. The predicted molar refractivity (Wildman–Crippen MR) is 52.4 cm³/mol. The fourth-order valence-electron chi connectivity index (χ4n) is 1.15. The molecule has 0 aromatic heterocycles. The third-order valence-electron chi connectivity index (χ3n) is 1.87. The molecule has 0 heterocycles. The van der Waals surface area contributed by atoms with Crippen LogP contribution in [-0.4, -0.2) is 18.8 Å². The topological polar surface area (TPSA) is 29.5 Å². The monoisotopic (exact) mass is 178 g/mol. The van der Waals surface area contributed by atoms with Crippen LogP contribution in [0.25, 0.3) is 0 Å². The van der Waals surface area contributed by atoms with Gasteiger partial charge < -0.3 is 9.84 Å². The molecule has 0 aliphatic rings. The number of ether oxygens (including phenoxy) is 1. The van der Waals surface area contributed by atoms with Crippen LogP contribution in [0.2, 0.25) is 0 Å². The minimum atomic E-state index is 0.0288. The van der Waals surface area contributed by atoms with Gasteiger partial charge in [0.25, 0.3) is 0 Å². The summed E-state index contributed by atoms with van der Waals surface area (Å²) in [5, 5.41) is 9.10. The number of hydrogen-bond donors (Lipinski definition) is 1. The lowest BCUT2D eigenvalue weighted by Crippen LogP contribution is -2.00. The second kappa shape index (κ2) is 5.38. The van der Waals surface area contributed by atoms with E-state index in [1.807, 2.05) is 36.4 Å². The van der Waals surface area contributed by atoms with Gasteiger partial charge in [0, 0.05) is 5.92 Å². The van der Waals surface area contributed by atoms with Crippen molar-refractivity contribution < 1.29 is 9.84 Å². The van der Waals surface area contributed by atoms with Crippen molar-refractivity contribution in [2.24, 2.45) is 0 Å². The van der Waals surface area contributed by atoms with Crippen LogP contribution in [0.3, 0.4) is 0 Å². The van der Waals surface area contributed by atoms with E-state index in [-0.39, 0.29) is 12.5 Å². The van der Waals surface area contributed by atoms with Gasteiger partial charge in [-0.2, -0.15) is 0 Å². The first-order valence-electron chi connectivity index (χ1n) is 4.23. The fourth-order valence-corrected chi connectivity index (χ4v) is 1.15. The van der Waals surface area contributed by atoms with Crippen LogP contribution in [0.1, 0.15) is 11.5 Å². The summed E-state index contributed by atoms with van der Waals surface area (Å²) in [5.74, 6) is 0.0288. The van der Waals surface area contributed by atoms with Crippen LogP contribution < -0.4 is 0 Å². The lowest BCUT2D eigenvalue weighted by Gasteiger charge is -2.08. The summed E-state index contributed by atoms with van der Waals surface area (Å²) in [5.41, 5.74) is 1.10. The highest BCUT2D eigenvalue weighted by Gasteiger charge is 2.04. The minimum Gasteiger partial charge on any atom is -0.505 e. The molecule has 0 bridgehead atoms. The van der Waals surface area contributed by atoms with Gasteiger partial charge >= 0.3 is 0 Å². The molecule has 0 spiro atoms. The Kier molecular flexibility index (Phi) is 4.06. The number of benzene rings is 1. The highest BCUT2D eigenvalue weighted by molar-refractivity contribution is 5.23. The predicted octanol–water partition coefficient (Wildman–Crippen LogP) is 1.92. The van der Waals surface area contributed by atoms with Crippen LogP contribution in [-0.2, 0) is 4.74 Å². The highest BCUT2D eigenvalue weighted by atomic mass is 16.5. The van der Waals surface area contributed by atoms with Gasteiger partial charge in [0.2, 0.25) is 0 Å². The molecule has 0 radical (unpaired) electrons. The normalized spacial score (nSPS) is 13.1. The van der Waals surface area contributed by atoms with E-state index in [1.165, 1.54) is 0 Å². The molecule has 1 unspecified atom stereocenters. The van der Waals surface area contributed by atoms with E-state index in [2.05, 4.69) is 0 Å². The van der Waals surface area contributed by atoms with Crippen molar-refractivity contribution in [1.29, 1.82) is 0 Å². The van der Waals surface area contributed by atoms with Crippen molar-refractivity contribution in [3.05, 3.63) is 48.2 Å². The molecule has 0 amide bonds. The number of aliphatic hydroxyl groups excluding tert-OH is 1. The third-order valence-corrected chi connectivity index (χ3v) is 1.87. The molecular weight excluding hydrogens is 164 g/mol. The molecule has 1 rings (SSSR count). The van der Waals surface area contributed by atoms with E-state index in [0.717, 1.165) is 5.56 Å². The average molecular weight is 178 g/mol. The maximum Gasteiger partial charge on any atom is 0.0791 e. The fraction of sp³-hybridized carbons (Fsp3) is 0.273. The zero-order valence-corrected chi connectivity index (χ0v) is 7.68. The van der Waals surface area contributed by atoms with Crippen molar-refractivity contribution in [3.8, 4) is 0 Å². The number of aliphatic hydroxyl groups is 1. The standard InChI is InChI=1S/C11H14O2/c1-13-8-7-11(9-12)10-5-3-2-4-6-10/h2-8,11-12H,9H2,1H3/b8-7-. The molecule has 2 heteroatoms. The molecule has 1 N–H and O–H groups in total. The average Bonchev–Trinajstić information content (AvgIpc) is 2.21. The first kappa shape index (κ1) is 9.81. The second-order valence-electron chi connectivity index (χ2n) is 2.76. The Labute approximate surface area is 78.5 Å². The first-order chi connectivity index (χ1) is 6.38. The summed E-state index contributed by atoms with van der Waals surface area (Å²) >= 11 is 0. The van der Waals surface area contributed by atoms with Gasteiger partial charge in [-0.3, -0.25) is 0 Å². The number of methoxy groups -OCH3 is 1. The smallest absolute Gasteiger partial charge is 0.0791 e. The Morgan fingerprint density at radius 3 is 2.62 bits per heavy atom. The van der Waals surface area contributed by atoms with Crippen molar-refractivity contribution in [2.75, 3.05) is 13.7 Å². The maximum atomic E-state index is 9.10. The maximum absolute atomic E-state index is 9.10. The summed E-state index contributed by atoms with van der Waals surface area (Å²) in [4.78, 5) is 0. The molecule has 2 nitrogen and oxygen atoms in total. The van der Waals surface area contributed by atoms with E-state index in [4.69, 9.17) is 9.84 Å². The van der Waals surface area contributed by atoms with Crippen molar-refractivity contribution in [2.45, 2.75) is 5.92 Å². The Morgan fingerprint density at radius 1 is 1.38 bits per heavy atom. The van der Waals surface area contributed by atoms with Crippen LogP contribution in [0.4, 0.5) is 0 Å². The van der Waals surface area contributed by atoms with Gasteiger partial charge in [0.1, 0.15) is 0 Å². The minimum absolute atomic E-state index is 0.0288. The molecule has 0 saturated heterocycles. The van der Waals surface area contributed by atoms with Crippen LogP contribution >= 0.6 is 0 Å². The zero-order chi connectivity index (χ0) is 9.52. The quantitative estimate of drug-likeness (QED) is 0.714. The van der Waals surface area contributed by atoms with Gasteiger partial charge in [0.15, 0.2) is 0 Å². The molecule has 1 atom stereocenters. The summed E-state index contributed by atoms with van der Waals surface area (Å²) < 4.78 is 4.80. The van der Waals surface area contributed by atoms with Gasteiger partial charge in [-0.1, -0.05) is 30.3 Å². The summed E-state index contributed by atoms with van der Waals surface area (Å²) in [6.45, 7) is 0.101. The molecule has 0 aliphatic carbocycles. The summed E-state index contributed by atoms with van der Waals surface area (Å²) in [6, 6.07) is 9.84. The van der Waals surface area contributed by atoms with Crippen molar-refractivity contribution in [3.63, 3.8) is 0 Å². The largest absolute Gasteiger partial charge is 0.505 e. The van der Waals surface area contributed by atoms with E-state index in [1.54, 1.807) is 13.4 Å². The summed E-state index contributed by atoms with van der Waals surface area (Å²) in [6.07, 6.45) is 3.43. The molecule has 13 heavy (non-hydrogen) atoms. The van der Waals surface area contributed by atoms with Gasteiger partial charge in [-0.05, 0) is 11.6 Å². The highest BCUT2D eigenvalue weighted by Crippen LogP contribution is 2.15. The van der Waals surface area contributed by atoms with Gasteiger partial charge in [-0.15, -0.1) is 0 Å². The lowest BCUT2D eigenvalue weighted by atomic mass is 10.0. The number of hydrogen-bond acceptors (Lipinski definition) is 2.